The van der Waals surface area contributed by atoms with Gasteiger partial charge in [-0.15, -0.1) is 12.3 Å². The summed E-state index contributed by atoms with van der Waals surface area (Å²) in [6.07, 6.45) is 6.81. The lowest BCUT2D eigenvalue weighted by Gasteiger charge is -2.10. The number of guanidine groups is 1. The minimum Gasteiger partial charge on any atom is -0.370 e. The van der Waals surface area contributed by atoms with Gasteiger partial charge in [0.15, 0.2) is 5.96 Å². The van der Waals surface area contributed by atoms with E-state index in [4.69, 9.17) is 12.2 Å². The Kier molecular flexibility index (Phi) is 5.90. The fraction of sp³-hybridized carbons (Fsp3) is 0.667. The number of rotatable bonds is 4. The van der Waals surface area contributed by atoms with E-state index in [9.17, 15) is 0 Å². The third-order valence-corrected chi connectivity index (χ3v) is 1.32. The Morgan fingerprint density at radius 2 is 2.42 bits per heavy atom. The first-order chi connectivity index (χ1) is 5.70. The van der Waals surface area contributed by atoms with Crippen LogP contribution in [0.4, 0.5) is 0 Å². The maximum Gasteiger partial charge on any atom is 0.188 e. The van der Waals surface area contributed by atoms with Crippen molar-refractivity contribution in [1.29, 1.82) is 0 Å². The smallest absolute Gasteiger partial charge is 0.188 e. The third kappa shape index (κ3) is 5.60. The highest BCUT2D eigenvalue weighted by Crippen LogP contribution is 1.86. The Morgan fingerprint density at radius 3 is 2.92 bits per heavy atom. The van der Waals surface area contributed by atoms with Gasteiger partial charge in [0.1, 0.15) is 0 Å². The normalized spacial score (nSPS) is 13.6. The van der Waals surface area contributed by atoms with Crippen LogP contribution in [-0.2, 0) is 0 Å². The van der Waals surface area contributed by atoms with Crippen LogP contribution in [0.3, 0.4) is 0 Å². The molecular weight excluding hydrogens is 150 g/mol. The number of nitrogens with zero attached hydrogens (tertiary/aromatic N) is 1. The average molecular weight is 167 g/mol. The molecule has 0 radical (unpaired) electrons. The molecule has 1 atom stereocenters. The number of hydrogen-bond donors (Lipinski definition) is 2. The lowest BCUT2D eigenvalue weighted by atomic mass is 10.2. The van der Waals surface area contributed by atoms with Crippen molar-refractivity contribution in [3.63, 3.8) is 0 Å². The van der Waals surface area contributed by atoms with Gasteiger partial charge in [-0.25, -0.2) is 0 Å². The first kappa shape index (κ1) is 10.8. The molecule has 3 N–H and O–H groups in total. The average Bonchev–Trinajstić information content (AvgIpc) is 2.01. The summed E-state index contributed by atoms with van der Waals surface area (Å²) in [4.78, 5) is 4.08. The van der Waals surface area contributed by atoms with Crippen LogP contribution in [0.15, 0.2) is 4.99 Å². The van der Waals surface area contributed by atoms with Crippen LogP contribution in [0.5, 0.6) is 0 Å². The van der Waals surface area contributed by atoms with E-state index < -0.39 is 0 Å². The predicted octanol–water partition coefficient (Wildman–Crippen LogP) is 0.713. The molecule has 0 aliphatic rings. The van der Waals surface area contributed by atoms with Crippen LogP contribution in [0.1, 0.15) is 26.7 Å². The van der Waals surface area contributed by atoms with Crippen molar-refractivity contribution in [3.8, 4) is 12.3 Å². The number of hydrogen-bond acceptors (Lipinski definition) is 1. The van der Waals surface area contributed by atoms with E-state index in [1.165, 1.54) is 0 Å². The van der Waals surface area contributed by atoms with Gasteiger partial charge in [-0.2, -0.15) is 0 Å². The van der Waals surface area contributed by atoms with Crippen molar-refractivity contribution in [2.24, 2.45) is 10.7 Å². The highest BCUT2D eigenvalue weighted by molar-refractivity contribution is 5.78. The molecule has 0 aromatic heterocycles. The van der Waals surface area contributed by atoms with Crippen LogP contribution in [0, 0.1) is 12.3 Å². The minimum absolute atomic E-state index is 0.204. The second-order valence-electron chi connectivity index (χ2n) is 2.72. The van der Waals surface area contributed by atoms with Crippen molar-refractivity contribution in [2.45, 2.75) is 32.7 Å². The zero-order valence-electron chi connectivity index (χ0n) is 7.80. The van der Waals surface area contributed by atoms with Crippen LogP contribution in [0.25, 0.3) is 0 Å². The fourth-order valence-corrected chi connectivity index (χ4v) is 0.758. The van der Waals surface area contributed by atoms with Gasteiger partial charge >= 0.3 is 0 Å². The summed E-state index contributed by atoms with van der Waals surface area (Å²) in [5, 5.41) is 3.00. The number of nitrogens with two attached hydrogens (primary N) is 1. The summed E-state index contributed by atoms with van der Waals surface area (Å²) < 4.78 is 0. The Balaban J connectivity index is 3.68. The standard InChI is InChI=1S/C9H17N3/c1-4-6-8(3)12-9(10)11-7-5-2/h1,8H,5-7H2,2-3H3,(H3,10,11,12). The van der Waals surface area contributed by atoms with Crippen LogP contribution in [-0.4, -0.2) is 18.5 Å². The van der Waals surface area contributed by atoms with Crippen LogP contribution >= 0.6 is 0 Å². The van der Waals surface area contributed by atoms with Gasteiger partial charge in [0.25, 0.3) is 0 Å². The first-order valence-electron chi connectivity index (χ1n) is 4.20. The summed E-state index contributed by atoms with van der Waals surface area (Å²) >= 11 is 0. The Morgan fingerprint density at radius 1 is 1.75 bits per heavy atom. The van der Waals surface area contributed by atoms with Gasteiger partial charge in [-0.1, -0.05) is 6.92 Å². The molecule has 0 saturated carbocycles. The first-order valence-corrected chi connectivity index (χ1v) is 4.20. The quantitative estimate of drug-likeness (QED) is 0.368. The summed E-state index contributed by atoms with van der Waals surface area (Å²) in [5.74, 6) is 3.04. The van der Waals surface area contributed by atoms with Gasteiger partial charge in [0.2, 0.25) is 0 Å². The zero-order chi connectivity index (χ0) is 9.40. The molecule has 1 unspecified atom stereocenters. The molecule has 3 nitrogen and oxygen atoms in total. The summed E-state index contributed by atoms with van der Waals surface area (Å²) in [6, 6.07) is 0.204. The van der Waals surface area contributed by atoms with Crippen LogP contribution in [0.2, 0.25) is 0 Å². The van der Waals surface area contributed by atoms with E-state index in [1.54, 1.807) is 0 Å². The van der Waals surface area contributed by atoms with Gasteiger partial charge in [-0.3, -0.25) is 4.99 Å². The Hall–Kier alpha value is -1.17. The highest BCUT2D eigenvalue weighted by Gasteiger charge is 1.98. The number of terminal acetylenes is 1. The van der Waals surface area contributed by atoms with E-state index in [-0.39, 0.29) is 6.04 Å². The molecule has 0 aromatic carbocycles. The summed E-state index contributed by atoms with van der Waals surface area (Å²) in [7, 11) is 0. The topological polar surface area (TPSA) is 50.4 Å². The molecule has 0 bridgehead atoms. The zero-order valence-corrected chi connectivity index (χ0v) is 7.80. The predicted molar refractivity (Wildman–Crippen MR) is 52.8 cm³/mol. The molecule has 3 heteroatoms. The molecule has 0 saturated heterocycles. The van der Waals surface area contributed by atoms with E-state index in [1.807, 2.05) is 6.92 Å². The maximum absolute atomic E-state index is 5.56. The number of nitrogens with one attached hydrogen (secondary N) is 1. The van der Waals surface area contributed by atoms with E-state index in [0.717, 1.165) is 13.0 Å². The lowest BCUT2D eigenvalue weighted by molar-refractivity contribution is 0.677. The third-order valence-electron chi connectivity index (χ3n) is 1.32. The van der Waals surface area contributed by atoms with Gasteiger partial charge in [0, 0.05) is 19.0 Å². The van der Waals surface area contributed by atoms with Gasteiger partial charge in [0.05, 0.1) is 0 Å². The summed E-state index contributed by atoms with van der Waals surface area (Å²) in [6.45, 7) is 4.80. The van der Waals surface area contributed by atoms with Gasteiger partial charge in [-0.05, 0) is 13.3 Å². The van der Waals surface area contributed by atoms with Crippen molar-refractivity contribution in [2.75, 3.05) is 6.54 Å². The lowest BCUT2D eigenvalue weighted by Crippen LogP contribution is -2.38. The molecule has 0 fully saturated rings. The molecule has 0 spiro atoms. The Bertz CT molecular complexity index is 179. The van der Waals surface area contributed by atoms with Crippen molar-refractivity contribution in [1.82, 2.24) is 5.32 Å². The highest BCUT2D eigenvalue weighted by atomic mass is 15.1. The number of aliphatic imine (C=N–C) groups is 1. The van der Waals surface area contributed by atoms with Crippen molar-refractivity contribution < 1.29 is 0 Å². The largest absolute Gasteiger partial charge is 0.370 e. The molecule has 0 heterocycles. The van der Waals surface area contributed by atoms with Crippen molar-refractivity contribution >= 4 is 5.96 Å². The van der Waals surface area contributed by atoms with Crippen molar-refractivity contribution in [3.05, 3.63) is 0 Å². The minimum atomic E-state index is 0.204. The molecule has 0 rings (SSSR count). The van der Waals surface area contributed by atoms with E-state index in [0.29, 0.717) is 12.4 Å². The molecule has 0 aromatic rings. The molecule has 0 amide bonds. The molecule has 68 valence electrons. The monoisotopic (exact) mass is 167 g/mol. The van der Waals surface area contributed by atoms with Crippen LogP contribution < -0.4 is 11.1 Å². The maximum atomic E-state index is 5.56. The molecule has 0 aliphatic carbocycles. The van der Waals surface area contributed by atoms with E-state index >= 15 is 0 Å². The summed E-state index contributed by atoms with van der Waals surface area (Å²) in [5.41, 5.74) is 5.56. The second-order valence-corrected chi connectivity index (χ2v) is 2.72. The second kappa shape index (κ2) is 6.53. The SMILES string of the molecule is C#CCC(C)NC(N)=NCCC. The van der Waals surface area contributed by atoms with Gasteiger partial charge < -0.3 is 11.1 Å². The molecular formula is C9H17N3. The fourth-order valence-electron chi connectivity index (χ4n) is 0.758. The Labute approximate surface area is 74.4 Å². The molecule has 12 heavy (non-hydrogen) atoms. The molecule has 0 aliphatic heterocycles. The van der Waals surface area contributed by atoms with E-state index in [2.05, 4.69) is 23.2 Å².